The van der Waals surface area contributed by atoms with Crippen molar-refractivity contribution in [3.8, 4) is 5.75 Å². The number of aromatic nitrogens is 1. The second-order valence-electron chi connectivity index (χ2n) is 3.97. The van der Waals surface area contributed by atoms with Crippen molar-refractivity contribution in [3.05, 3.63) is 27.9 Å². The average molecular weight is 208 g/mol. The van der Waals surface area contributed by atoms with E-state index in [9.17, 15) is 10.1 Å². The molecule has 1 aromatic heterocycles. The van der Waals surface area contributed by atoms with Crippen molar-refractivity contribution in [1.82, 2.24) is 4.98 Å². The Labute approximate surface area is 87.2 Å². The third kappa shape index (κ3) is 1.65. The van der Waals surface area contributed by atoms with Gasteiger partial charge in [0.2, 0.25) is 5.69 Å². The smallest absolute Gasteiger partial charge is 0.363 e. The number of ether oxygens (including phenoxy) is 1. The number of pyridine rings is 1. The molecule has 80 valence electrons. The predicted molar refractivity (Wildman–Crippen MR) is 54.0 cm³/mol. The van der Waals surface area contributed by atoms with E-state index in [1.807, 2.05) is 0 Å². The van der Waals surface area contributed by atoms with Gasteiger partial charge < -0.3 is 14.9 Å². The number of fused-ring (bicyclic) bond motifs is 1. The van der Waals surface area contributed by atoms with Gasteiger partial charge in [0.15, 0.2) is 5.75 Å². The zero-order valence-corrected chi connectivity index (χ0v) is 8.64. The van der Waals surface area contributed by atoms with E-state index in [-0.39, 0.29) is 11.7 Å². The molecule has 1 atom stereocenters. The van der Waals surface area contributed by atoms with E-state index in [0.29, 0.717) is 18.3 Å². The molecule has 0 bridgehead atoms. The summed E-state index contributed by atoms with van der Waals surface area (Å²) >= 11 is 0. The normalized spacial score (nSPS) is 18.7. The highest BCUT2D eigenvalue weighted by Gasteiger charge is 2.33. The average Bonchev–Trinajstić information content (AvgIpc) is 2.59. The summed E-state index contributed by atoms with van der Waals surface area (Å²) in [5, 5.41) is 10.6. The van der Waals surface area contributed by atoms with Gasteiger partial charge in [0.05, 0.1) is 12.5 Å². The Morgan fingerprint density at radius 2 is 2.33 bits per heavy atom. The highest BCUT2D eigenvalue weighted by atomic mass is 16.6. The topological polar surface area (TPSA) is 65.3 Å². The lowest BCUT2D eigenvalue weighted by Gasteiger charge is -2.08. The second-order valence-corrected chi connectivity index (χ2v) is 3.97. The quantitative estimate of drug-likeness (QED) is 0.551. The molecule has 1 aliphatic rings. The summed E-state index contributed by atoms with van der Waals surface area (Å²) < 4.78 is 5.42. The molecular formula is C10H12N2O3. The molecule has 0 aliphatic carbocycles. The summed E-state index contributed by atoms with van der Waals surface area (Å²) in [6.07, 6.45) is 0. The van der Waals surface area contributed by atoms with Crippen molar-refractivity contribution in [2.75, 3.05) is 6.61 Å². The largest absolute Gasteiger partial charge is 0.489 e. The molecule has 0 fully saturated rings. The summed E-state index contributed by atoms with van der Waals surface area (Å²) in [4.78, 5) is 14.1. The summed E-state index contributed by atoms with van der Waals surface area (Å²) in [5.41, 5.74) is 0.721. The first-order valence-corrected chi connectivity index (χ1v) is 4.87. The molecule has 5 nitrogen and oxygen atoms in total. The zero-order valence-electron chi connectivity index (χ0n) is 8.64. The molecule has 0 N–H and O–H groups in total. The van der Waals surface area contributed by atoms with Gasteiger partial charge in [-0.1, -0.05) is 13.8 Å². The van der Waals surface area contributed by atoms with Crippen LogP contribution in [-0.2, 0) is 0 Å². The van der Waals surface area contributed by atoms with Gasteiger partial charge in [-0.05, 0) is 21.9 Å². The Balaban J connectivity index is 2.42. The van der Waals surface area contributed by atoms with Crippen molar-refractivity contribution >= 4 is 5.82 Å². The fourth-order valence-corrected chi connectivity index (χ4v) is 1.71. The minimum atomic E-state index is -0.476. The van der Waals surface area contributed by atoms with Crippen LogP contribution in [0.1, 0.15) is 25.5 Å². The van der Waals surface area contributed by atoms with Crippen molar-refractivity contribution in [1.29, 1.82) is 0 Å². The first kappa shape index (κ1) is 9.89. The number of rotatable bonds is 2. The highest BCUT2D eigenvalue weighted by Crippen LogP contribution is 2.37. The molecular weight excluding hydrogens is 196 g/mol. The number of hydrogen-bond donors (Lipinski definition) is 0. The first-order chi connectivity index (χ1) is 7.09. The molecule has 15 heavy (non-hydrogen) atoms. The molecule has 0 spiro atoms. The second kappa shape index (κ2) is 3.49. The molecule has 0 aromatic carbocycles. The molecule has 1 unspecified atom stereocenters. The number of nitrogens with zero attached hydrogens (tertiary/aromatic N) is 2. The lowest BCUT2D eigenvalue weighted by molar-refractivity contribution is -0.389. The molecule has 1 aliphatic heterocycles. The molecule has 2 rings (SSSR count). The fraction of sp³-hybridized carbons (Fsp3) is 0.500. The van der Waals surface area contributed by atoms with Crippen molar-refractivity contribution in [3.63, 3.8) is 0 Å². The maximum atomic E-state index is 10.6. The van der Waals surface area contributed by atoms with E-state index in [4.69, 9.17) is 4.74 Å². The van der Waals surface area contributed by atoms with Crippen LogP contribution in [0, 0.1) is 16.0 Å². The minimum absolute atomic E-state index is 0.107. The minimum Gasteiger partial charge on any atom is -0.489 e. The van der Waals surface area contributed by atoms with E-state index < -0.39 is 4.92 Å². The fourth-order valence-electron chi connectivity index (χ4n) is 1.71. The van der Waals surface area contributed by atoms with Crippen LogP contribution in [0.25, 0.3) is 0 Å². The Hall–Kier alpha value is -1.65. The lowest BCUT2D eigenvalue weighted by atomic mass is 9.94. The highest BCUT2D eigenvalue weighted by molar-refractivity contribution is 5.39. The summed E-state index contributed by atoms with van der Waals surface area (Å²) in [5.74, 6) is 1.12. The standard InChI is InChI=1S/C10H12N2O3/c1-6(2)7-5-15-8-3-4-9(12(13)14)11-10(7)8/h3-4,6-7H,5H2,1-2H3. The van der Waals surface area contributed by atoms with Gasteiger partial charge in [0.1, 0.15) is 0 Å². The molecule has 0 amide bonds. The van der Waals surface area contributed by atoms with E-state index >= 15 is 0 Å². The molecule has 1 aromatic rings. The van der Waals surface area contributed by atoms with Crippen molar-refractivity contribution < 1.29 is 9.66 Å². The van der Waals surface area contributed by atoms with E-state index in [1.54, 1.807) is 6.07 Å². The van der Waals surface area contributed by atoms with Crippen LogP contribution >= 0.6 is 0 Å². The van der Waals surface area contributed by atoms with E-state index in [2.05, 4.69) is 18.8 Å². The van der Waals surface area contributed by atoms with Crippen molar-refractivity contribution in [2.45, 2.75) is 19.8 Å². The molecule has 0 saturated heterocycles. The van der Waals surface area contributed by atoms with Crippen LogP contribution in [0.5, 0.6) is 5.75 Å². The van der Waals surface area contributed by atoms with E-state index in [0.717, 1.165) is 5.69 Å². The van der Waals surface area contributed by atoms with Gasteiger partial charge in [-0.25, -0.2) is 0 Å². The Morgan fingerprint density at radius 3 is 2.93 bits per heavy atom. The monoisotopic (exact) mass is 208 g/mol. The van der Waals surface area contributed by atoms with Gasteiger partial charge in [0.25, 0.3) is 0 Å². The SMILES string of the molecule is CC(C)C1COc2ccc([N+](=O)[O-])nc21. The van der Waals surface area contributed by atoms with Gasteiger partial charge in [-0.3, -0.25) is 0 Å². The van der Waals surface area contributed by atoms with Crippen LogP contribution in [0.2, 0.25) is 0 Å². The molecule has 2 heterocycles. The summed E-state index contributed by atoms with van der Waals surface area (Å²) in [6, 6.07) is 3.00. The van der Waals surface area contributed by atoms with Crippen LogP contribution in [-0.4, -0.2) is 16.5 Å². The van der Waals surface area contributed by atoms with E-state index in [1.165, 1.54) is 6.07 Å². The number of nitro groups is 1. The molecule has 5 heteroatoms. The van der Waals surface area contributed by atoms with Gasteiger partial charge in [-0.2, -0.15) is 0 Å². The van der Waals surface area contributed by atoms with Gasteiger partial charge in [-0.15, -0.1) is 0 Å². The summed E-state index contributed by atoms with van der Waals surface area (Å²) in [7, 11) is 0. The Morgan fingerprint density at radius 1 is 1.60 bits per heavy atom. The Bertz CT molecular complexity index is 404. The maximum absolute atomic E-state index is 10.6. The van der Waals surface area contributed by atoms with Gasteiger partial charge in [0, 0.05) is 6.07 Å². The third-order valence-electron chi connectivity index (χ3n) is 2.63. The third-order valence-corrected chi connectivity index (χ3v) is 2.63. The lowest BCUT2D eigenvalue weighted by Crippen LogP contribution is -2.09. The maximum Gasteiger partial charge on any atom is 0.363 e. The summed E-state index contributed by atoms with van der Waals surface area (Å²) in [6.45, 7) is 4.69. The van der Waals surface area contributed by atoms with Crippen LogP contribution in [0.3, 0.4) is 0 Å². The van der Waals surface area contributed by atoms with Gasteiger partial charge >= 0.3 is 5.82 Å². The van der Waals surface area contributed by atoms with Crippen LogP contribution in [0.15, 0.2) is 12.1 Å². The zero-order chi connectivity index (χ0) is 11.0. The first-order valence-electron chi connectivity index (χ1n) is 4.87. The van der Waals surface area contributed by atoms with Crippen molar-refractivity contribution in [2.24, 2.45) is 5.92 Å². The number of hydrogen-bond acceptors (Lipinski definition) is 4. The van der Waals surface area contributed by atoms with Crippen LogP contribution < -0.4 is 4.74 Å². The molecule has 0 saturated carbocycles. The van der Waals surface area contributed by atoms with Crippen LogP contribution in [0.4, 0.5) is 5.82 Å². The Kier molecular flexibility index (Phi) is 2.30. The molecule has 0 radical (unpaired) electrons. The predicted octanol–water partition coefficient (Wildman–Crippen LogP) is 2.12.